The van der Waals surface area contributed by atoms with Crippen LogP contribution in [0.5, 0.6) is 0 Å². The quantitative estimate of drug-likeness (QED) is 0.697. The lowest BCUT2D eigenvalue weighted by atomic mass is 10.2. The molecule has 0 saturated carbocycles. The predicted octanol–water partition coefficient (Wildman–Crippen LogP) is 1.40. The van der Waals surface area contributed by atoms with Gasteiger partial charge in [0.1, 0.15) is 5.52 Å². The number of imidazole rings is 1. The second kappa shape index (κ2) is 2.55. The van der Waals surface area contributed by atoms with Gasteiger partial charge in [-0.15, -0.1) is 0 Å². The second-order valence-electron chi connectivity index (χ2n) is 2.53. The highest BCUT2D eigenvalue weighted by Crippen LogP contribution is 2.17. The molecule has 0 bridgehead atoms. The van der Waals surface area contributed by atoms with Gasteiger partial charge in [0, 0.05) is 0 Å². The van der Waals surface area contributed by atoms with E-state index in [1.54, 1.807) is 0 Å². The number of carbonyl (C=O) groups is 1. The molecule has 13 heavy (non-hydrogen) atoms. The molecule has 0 fully saturated rings. The molecule has 0 aliphatic rings. The number of aromatic carboxylic acids is 1. The molecular weight excluding hydrogens is 175 g/mol. The minimum absolute atomic E-state index is 0.0221. The Labute approximate surface area is 72.0 Å². The molecule has 0 aliphatic carbocycles. The normalized spacial score (nSPS) is 10.5. The van der Waals surface area contributed by atoms with Crippen molar-refractivity contribution >= 4 is 17.0 Å². The molecular formula is C8H5FN2O2. The van der Waals surface area contributed by atoms with Gasteiger partial charge in [0.2, 0.25) is 0 Å². The van der Waals surface area contributed by atoms with Crippen LogP contribution < -0.4 is 0 Å². The van der Waals surface area contributed by atoms with E-state index < -0.39 is 11.8 Å². The summed E-state index contributed by atoms with van der Waals surface area (Å²) in [5.41, 5.74) is 0.293. The van der Waals surface area contributed by atoms with Gasteiger partial charge in [-0.2, -0.15) is 0 Å². The molecule has 0 saturated heterocycles. The molecule has 2 N–H and O–H groups in total. The summed E-state index contributed by atoms with van der Waals surface area (Å²) in [6.07, 6.45) is 1.26. The third-order valence-corrected chi connectivity index (χ3v) is 1.76. The first-order valence-electron chi connectivity index (χ1n) is 3.55. The molecule has 1 aromatic carbocycles. The van der Waals surface area contributed by atoms with Crippen LogP contribution in [-0.4, -0.2) is 21.0 Å². The summed E-state index contributed by atoms with van der Waals surface area (Å²) in [7, 11) is 0. The number of halogens is 1. The Balaban J connectivity index is 2.86. The van der Waals surface area contributed by atoms with Gasteiger partial charge in [-0.1, -0.05) is 0 Å². The minimum atomic E-state index is -1.10. The molecule has 66 valence electrons. The van der Waals surface area contributed by atoms with Crippen molar-refractivity contribution in [3.63, 3.8) is 0 Å². The van der Waals surface area contributed by atoms with Crippen molar-refractivity contribution < 1.29 is 14.3 Å². The van der Waals surface area contributed by atoms with Crippen LogP contribution in [0.3, 0.4) is 0 Å². The Morgan fingerprint density at radius 2 is 2.31 bits per heavy atom. The smallest absolute Gasteiger partial charge is 0.337 e. The van der Waals surface area contributed by atoms with Crippen LogP contribution in [0, 0.1) is 5.82 Å². The molecule has 1 heterocycles. The number of nitrogens with one attached hydrogen (secondary N) is 1. The summed E-state index contributed by atoms with van der Waals surface area (Å²) < 4.78 is 13.0. The monoisotopic (exact) mass is 180 g/mol. The first kappa shape index (κ1) is 7.72. The molecule has 0 aliphatic heterocycles. The molecule has 4 nitrogen and oxygen atoms in total. The molecule has 2 rings (SSSR count). The largest absolute Gasteiger partial charge is 0.478 e. The minimum Gasteiger partial charge on any atom is -0.478 e. The van der Waals surface area contributed by atoms with Gasteiger partial charge >= 0.3 is 5.97 Å². The molecule has 5 heteroatoms. The summed E-state index contributed by atoms with van der Waals surface area (Å²) in [6, 6.07) is 2.30. The Morgan fingerprint density at radius 3 is 3.00 bits per heavy atom. The van der Waals surface area contributed by atoms with Gasteiger partial charge < -0.3 is 10.1 Å². The number of fused-ring (bicyclic) bond motifs is 1. The maximum Gasteiger partial charge on any atom is 0.337 e. The summed E-state index contributed by atoms with van der Waals surface area (Å²) in [5.74, 6) is -1.63. The van der Waals surface area contributed by atoms with Gasteiger partial charge in [0.05, 0.1) is 17.4 Å². The second-order valence-corrected chi connectivity index (χ2v) is 2.53. The average Bonchev–Trinajstić information content (AvgIpc) is 2.53. The van der Waals surface area contributed by atoms with E-state index in [9.17, 15) is 9.18 Å². The van der Waals surface area contributed by atoms with Gasteiger partial charge in [-0.05, 0) is 12.1 Å². The molecule has 0 amide bonds. The van der Waals surface area contributed by atoms with E-state index in [0.717, 1.165) is 6.07 Å². The van der Waals surface area contributed by atoms with Crippen molar-refractivity contribution in [2.75, 3.05) is 0 Å². The first-order chi connectivity index (χ1) is 6.20. The zero-order valence-corrected chi connectivity index (χ0v) is 6.41. The zero-order chi connectivity index (χ0) is 9.42. The standard InChI is InChI=1S/C8H5FN2O2/c9-5-2-1-4(8(12)13)6-7(5)11-3-10-6/h1-3H,(H,10,11)(H,12,13). The van der Waals surface area contributed by atoms with E-state index in [2.05, 4.69) is 9.97 Å². The molecule has 0 spiro atoms. The fraction of sp³-hybridized carbons (Fsp3) is 0. The SMILES string of the molecule is O=C(O)c1ccc(F)c2nc[nH]c12. The van der Waals surface area contributed by atoms with Crippen molar-refractivity contribution in [3.8, 4) is 0 Å². The number of aromatic amines is 1. The van der Waals surface area contributed by atoms with Gasteiger partial charge in [0.25, 0.3) is 0 Å². The highest BCUT2D eigenvalue weighted by molar-refractivity contribution is 6.00. The zero-order valence-electron chi connectivity index (χ0n) is 6.41. The summed E-state index contributed by atoms with van der Waals surface area (Å²) >= 11 is 0. The fourth-order valence-corrected chi connectivity index (χ4v) is 1.18. The highest BCUT2D eigenvalue weighted by Gasteiger charge is 2.12. The van der Waals surface area contributed by atoms with Crippen LogP contribution in [0.1, 0.15) is 10.4 Å². The Hall–Kier alpha value is -1.91. The number of hydrogen-bond donors (Lipinski definition) is 2. The number of rotatable bonds is 1. The number of H-pyrrole nitrogens is 1. The topological polar surface area (TPSA) is 66.0 Å². The van der Waals surface area contributed by atoms with Crippen molar-refractivity contribution in [2.24, 2.45) is 0 Å². The third kappa shape index (κ3) is 1.05. The maximum atomic E-state index is 13.0. The number of carboxylic acids is 1. The van der Waals surface area contributed by atoms with E-state index in [4.69, 9.17) is 5.11 Å². The number of aromatic nitrogens is 2. The lowest BCUT2D eigenvalue weighted by molar-refractivity contribution is 0.0699. The van der Waals surface area contributed by atoms with E-state index in [-0.39, 0.29) is 16.6 Å². The first-order valence-corrected chi connectivity index (χ1v) is 3.55. The maximum absolute atomic E-state index is 13.0. The van der Waals surface area contributed by atoms with Crippen molar-refractivity contribution in [1.29, 1.82) is 0 Å². The highest BCUT2D eigenvalue weighted by atomic mass is 19.1. The van der Waals surface area contributed by atoms with Crippen LogP contribution in [0.25, 0.3) is 11.0 Å². The van der Waals surface area contributed by atoms with Crippen molar-refractivity contribution in [1.82, 2.24) is 9.97 Å². The van der Waals surface area contributed by atoms with Crippen molar-refractivity contribution in [3.05, 3.63) is 29.8 Å². The van der Waals surface area contributed by atoms with E-state index in [1.807, 2.05) is 0 Å². The van der Waals surface area contributed by atoms with Crippen LogP contribution in [0.15, 0.2) is 18.5 Å². The number of nitrogens with zero attached hydrogens (tertiary/aromatic N) is 1. The molecule has 0 radical (unpaired) electrons. The molecule has 1 aromatic heterocycles. The summed E-state index contributed by atoms with van der Waals surface area (Å²) in [5, 5.41) is 8.72. The number of hydrogen-bond acceptors (Lipinski definition) is 2. The fourth-order valence-electron chi connectivity index (χ4n) is 1.18. The molecule has 2 aromatic rings. The van der Waals surface area contributed by atoms with Gasteiger partial charge in [-0.25, -0.2) is 14.2 Å². The van der Waals surface area contributed by atoms with Crippen LogP contribution in [-0.2, 0) is 0 Å². The van der Waals surface area contributed by atoms with Crippen LogP contribution in [0.2, 0.25) is 0 Å². The summed E-state index contributed by atoms with van der Waals surface area (Å²) in [4.78, 5) is 16.9. The number of benzene rings is 1. The Bertz CT molecular complexity index is 478. The average molecular weight is 180 g/mol. The third-order valence-electron chi connectivity index (χ3n) is 1.76. The lowest BCUT2D eigenvalue weighted by Gasteiger charge is -1.96. The summed E-state index contributed by atoms with van der Waals surface area (Å²) in [6.45, 7) is 0. The Morgan fingerprint density at radius 1 is 1.54 bits per heavy atom. The molecule has 0 unspecified atom stereocenters. The van der Waals surface area contributed by atoms with Crippen LogP contribution >= 0.6 is 0 Å². The predicted molar refractivity (Wildman–Crippen MR) is 43.0 cm³/mol. The van der Waals surface area contributed by atoms with E-state index in [0.29, 0.717) is 0 Å². The Kier molecular flexibility index (Phi) is 1.51. The molecule has 0 atom stereocenters. The van der Waals surface area contributed by atoms with Crippen molar-refractivity contribution in [2.45, 2.75) is 0 Å². The lowest BCUT2D eigenvalue weighted by Crippen LogP contribution is -1.98. The van der Waals surface area contributed by atoms with Crippen LogP contribution in [0.4, 0.5) is 4.39 Å². The van der Waals surface area contributed by atoms with Gasteiger partial charge in [-0.3, -0.25) is 0 Å². The van der Waals surface area contributed by atoms with Gasteiger partial charge in [0.15, 0.2) is 5.82 Å². The van der Waals surface area contributed by atoms with E-state index >= 15 is 0 Å². The number of carboxylic acid groups (broad SMARTS) is 1. The van der Waals surface area contributed by atoms with E-state index in [1.165, 1.54) is 12.4 Å².